The van der Waals surface area contributed by atoms with Crippen LogP contribution >= 0.6 is 0 Å². The Balaban J connectivity index is 1.50. The van der Waals surface area contributed by atoms with E-state index >= 15 is 0 Å². The number of carbonyl (C=O) groups is 2. The van der Waals surface area contributed by atoms with Crippen molar-refractivity contribution >= 4 is 11.7 Å². The maximum atomic E-state index is 12.5. The van der Waals surface area contributed by atoms with Gasteiger partial charge in [-0.3, -0.25) is 9.59 Å². The van der Waals surface area contributed by atoms with Gasteiger partial charge in [0.25, 0.3) is 11.8 Å². The largest absolute Gasteiger partial charge is 0.465 e. The Labute approximate surface area is 142 Å². The van der Waals surface area contributed by atoms with E-state index in [1.54, 1.807) is 19.1 Å². The number of hydrogen-bond acceptors (Lipinski definition) is 7. The highest BCUT2D eigenvalue weighted by Crippen LogP contribution is 2.29. The van der Waals surface area contributed by atoms with Gasteiger partial charge in [-0.15, -0.1) is 0 Å². The van der Waals surface area contributed by atoms with Crippen molar-refractivity contribution < 1.29 is 22.9 Å². The number of fused-ring (bicyclic) bond motifs is 1. The van der Waals surface area contributed by atoms with Gasteiger partial charge in [0.05, 0.1) is 23.9 Å². The standard InChI is InChI=1S/C17H15N3O5/c1-9-14(15-10(21)4-2-5-11(15)24-9)16(22)18-8-13-19-17(25-20-13)12-6-3-7-23-12/h3,6-7H,2,4-5,8H2,1H3,(H,18,22). The Morgan fingerprint density at radius 1 is 1.36 bits per heavy atom. The number of rotatable bonds is 4. The molecule has 0 atom stereocenters. The molecule has 1 aliphatic rings. The van der Waals surface area contributed by atoms with Crippen molar-refractivity contribution in [1.82, 2.24) is 15.5 Å². The van der Waals surface area contributed by atoms with Crippen molar-refractivity contribution in [1.29, 1.82) is 0 Å². The van der Waals surface area contributed by atoms with Gasteiger partial charge < -0.3 is 18.7 Å². The summed E-state index contributed by atoms with van der Waals surface area (Å²) in [6, 6.07) is 3.41. The molecule has 0 saturated heterocycles. The minimum atomic E-state index is -0.387. The van der Waals surface area contributed by atoms with E-state index in [9.17, 15) is 9.59 Å². The van der Waals surface area contributed by atoms with Gasteiger partial charge >= 0.3 is 0 Å². The van der Waals surface area contributed by atoms with Gasteiger partial charge in [-0.25, -0.2) is 0 Å². The van der Waals surface area contributed by atoms with Gasteiger partial charge in [-0.1, -0.05) is 5.16 Å². The highest BCUT2D eigenvalue weighted by atomic mass is 16.5. The number of aromatic nitrogens is 2. The van der Waals surface area contributed by atoms with Gasteiger partial charge in [0, 0.05) is 12.8 Å². The summed E-state index contributed by atoms with van der Waals surface area (Å²) in [7, 11) is 0. The SMILES string of the molecule is Cc1oc2c(c1C(=O)NCc1noc(-c3ccco3)n1)C(=O)CCC2. The summed E-state index contributed by atoms with van der Waals surface area (Å²) >= 11 is 0. The average Bonchev–Trinajstić information content (AvgIpc) is 3.31. The fourth-order valence-electron chi connectivity index (χ4n) is 2.95. The van der Waals surface area contributed by atoms with Gasteiger partial charge in [-0.2, -0.15) is 4.98 Å². The minimum absolute atomic E-state index is 0.0529. The molecule has 0 bridgehead atoms. The van der Waals surface area contributed by atoms with Crippen molar-refractivity contribution in [3.8, 4) is 11.7 Å². The molecule has 1 N–H and O–H groups in total. The van der Waals surface area contributed by atoms with Crippen LogP contribution in [-0.2, 0) is 13.0 Å². The van der Waals surface area contributed by atoms with E-state index in [4.69, 9.17) is 13.4 Å². The monoisotopic (exact) mass is 341 g/mol. The molecule has 0 fully saturated rings. The van der Waals surface area contributed by atoms with Crippen LogP contribution in [0.1, 0.15) is 50.9 Å². The number of aryl methyl sites for hydroxylation is 2. The number of furan rings is 2. The molecule has 0 aromatic carbocycles. The summed E-state index contributed by atoms with van der Waals surface area (Å²) < 4.78 is 15.8. The summed E-state index contributed by atoms with van der Waals surface area (Å²) in [6.07, 6.45) is 3.36. The number of Topliss-reactive ketones (excluding diaryl/α,β-unsaturated/α-hetero) is 1. The number of ketones is 1. The topological polar surface area (TPSA) is 111 Å². The summed E-state index contributed by atoms with van der Waals surface area (Å²) in [5, 5.41) is 6.50. The molecule has 3 aromatic heterocycles. The second-order valence-electron chi connectivity index (χ2n) is 5.78. The molecule has 128 valence electrons. The molecule has 0 saturated carbocycles. The Kier molecular flexibility index (Phi) is 3.72. The third-order valence-electron chi connectivity index (χ3n) is 4.08. The summed E-state index contributed by atoms with van der Waals surface area (Å²) in [5.74, 6) is 1.60. The van der Waals surface area contributed by atoms with Gasteiger partial charge in [0.15, 0.2) is 17.4 Å². The molecule has 0 spiro atoms. The zero-order valence-corrected chi connectivity index (χ0v) is 13.5. The van der Waals surface area contributed by atoms with E-state index < -0.39 is 0 Å². The first-order valence-electron chi connectivity index (χ1n) is 7.93. The van der Waals surface area contributed by atoms with Crippen LogP contribution in [0.4, 0.5) is 0 Å². The third-order valence-corrected chi connectivity index (χ3v) is 4.08. The Hall–Kier alpha value is -3.16. The fourth-order valence-corrected chi connectivity index (χ4v) is 2.95. The lowest BCUT2D eigenvalue weighted by Gasteiger charge is -2.09. The third kappa shape index (κ3) is 2.75. The van der Waals surface area contributed by atoms with Crippen LogP contribution in [-0.4, -0.2) is 21.8 Å². The van der Waals surface area contributed by atoms with Crippen LogP contribution in [0.3, 0.4) is 0 Å². The number of nitrogens with one attached hydrogen (secondary N) is 1. The number of nitrogens with zero attached hydrogens (tertiary/aromatic N) is 2. The summed E-state index contributed by atoms with van der Waals surface area (Å²) in [5.41, 5.74) is 0.708. The lowest BCUT2D eigenvalue weighted by atomic mass is 9.93. The molecule has 1 aliphatic carbocycles. The lowest BCUT2D eigenvalue weighted by molar-refractivity contribution is 0.0925. The molecule has 8 heteroatoms. The van der Waals surface area contributed by atoms with E-state index in [1.165, 1.54) is 6.26 Å². The Bertz CT molecular complexity index is 936. The van der Waals surface area contributed by atoms with Gasteiger partial charge in [0.2, 0.25) is 0 Å². The molecule has 4 rings (SSSR count). The highest BCUT2D eigenvalue weighted by molar-refractivity contribution is 6.09. The first kappa shape index (κ1) is 15.4. The van der Waals surface area contributed by atoms with Crippen LogP contribution in [0, 0.1) is 6.92 Å². The van der Waals surface area contributed by atoms with Crippen molar-refractivity contribution in [2.24, 2.45) is 0 Å². The molecule has 3 aromatic rings. The molecular weight excluding hydrogens is 326 g/mol. The number of amides is 1. The smallest absolute Gasteiger partial charge is 0.293 e. The molecular formula is C17H15N3O5. The van der Waals surface area contributed by atoms with Crippen molar-refractivity contribution in [2.75, 3.05) is 0 Å². The Morgan fingerprint density at radius 3 is 3.04 bits per heavy atom. The first-order chi connectivity index (χ1) is 12.1. The van der Waals surface area contributed by atoms with Crippen LogP contribution in [0.5, 0.6) is 0 Å². The minimum Gasteiger partial charge on any atom is -0.465 e. The van der Waals surface area contributed by atoms with Crippen LogP contribution in [0.25, 0.3) is 11.7 Å². The van der Waals surface area contributed by atoms with Crippen LogP contribution < -0.4 is 5.32 Å². The van der Waals surface area contributed by atoms with E-state index in [-0.39, 0.29) is 24.1 Å². The molecule has 8 nitrogen and oxygen atoms in total. The molecule has 0 unspecified atom stereocenters. The van der Waals surface area contributed by atoms with Crippen LogP contribution in [0.15, 0.2) is 31.8 Å². The molecule has 3 heterocycles. The zero-order chi connectivity index (χ0) is 17.4. The maximum Gasteiger partial charge on any atom is 0.293 e. The second kappa shape index (κ2) is 6.04. The predicted molar refractivity (Wildman–Crippen MR) is 83.9 cm³/mol. The van der Waals surface area contributed by atoms with Crippen molar-refractivity contribution in [3.63, 3.8) is 0 Å². The van der Waals surface area contributed by atoms with E-state index in [1.807, 2.05) is 0 Å². The molecule has 25 heavy (non-hydrogen) atoms. The predicted octanol–water partition coefficient (Wildman–Crippen LogP) is 2.68. The van der Waals surface area contributed by atoms with Crippen molar-refractivity contribution in [3.05, 3.63) is 46.9 Å². The fraction of sp³-hybridized carbons (Fsp3) is 0.294. The maximum absolute atomic E-state index is 12.5. The van der Waals surface area contributed by atoms with Gasteiger partial charge in [-0.05, 0) is 25.5 Å². The Morgan fingerprint density at radius 2 is 2.24 bits per heavy atom. The van der Waals surface area contributed by atoms with E-state index in [2.05, 4.69) is 15.5 Å². The van der Waals surface area contributed by atoms with Crippen molar-refractivity contribution in [2.45, 2.75) is 32.7 Å². The molecule has 1 amide bonds. The second-order valence-corrected chi connectivity index (χ2v) is 5.78. The van der Waals surface area contributed by atoms with E-state index in [0.29, 0.717) is 47.1 Å². The molecule has 0 radical (unpaired) electrons. The van der Waals surface area contributed by atoms with Crippen LogP contribution in [0.2, 0.25) is 0 Å². The number of carbonyl (C=O) groups excluding carboxylic acids is 2. The normalized spacial score (nSPS) is 13.7. The quantitative estimate of drug-likeness (QED) is 0.776. The lowest BCUT2D eigenvalue weighted by Crippen LogP contribution is -2.26. The summed E-state index contributed by atoms with van der Waals surface area (Å²) in [4.78, 5) is 28.8. The molecule has 0 aliphatic heterocycles. The summed E-state index contributed by atoms with van der Waals surface area (Å²) in [6.45, 7) is 1.75. The zero-order valence-electron chi connectivity index (χ0n) is 13.5. The first-order valence-corrected chi connectivity index (χ1v) is 7.93. The van der Waals surface area contributed by atoms with Gasteiger partial charge in [0.1, 0.15) is 11.5 Å². The highest BCUT2D eigenvalue weighted by Gasteiger charge is 2.30. The average molecular weight is 341 g/mol. The van der Waals surface area contributed by atoms with E-state index in [0.717, 1.165) is 6.42 Å². The number of hydrogen-bond donors (Lipinski definition) is 1.